The molecular weight excluding hydrogens is 650 g/mol. The smallest absolute Gasteiger partial charge is 0.258 e. The maximum Gasteiger partial charge on any atom is 0.258 e. The number of hydrogen-bond donors (Lipinski definition) is 4. The van der Waals surface area contributed by atoms with Crippen LogP contribution in [0.25, 0.3) is 0 Å². The summed E-state index contributed by atoms with van der Waals surface area (Å²) in [5.41, 5.74) is 4.13. The van der Waals surface area contributed by atoms with Crippen LogP contribution >= 0.6 is 11.6 Å². The van der Waals surface area contributed by atoms with E-state index in [4.69, 9.17) is 11.6 Å². The molecule has 0 aromatic heterocycles. The van der Waals surface area contributed by atoms with Crippen molar-refractivity contribution in [2.45, 2.75) is 42.1 Å². The molecule has 2 aliphatic rings. The summed E-state index contributed by atoms with van der Waals surface area (Å²) in [6.45, 7) is 1.02. The summed E-state index contributed by atoms with van der Waals surface area (Å²) in [5, 5.41) is 32.5. The van der Waals surface area contributed by atoms with Gasteiger partial charge in [0, 0.05) is 43.8 Å². The minimum Gasteiger partial charge on any atom is -0.593 e. The highest BCUT2D eigenvalue weighted by molar-refractivity contribution is 7.89. The van der Waals surface area contributed by atoms with Crippen molar-refractivity contribution in [3.63, 3.8) is 0 Å². The van der Waals surface area contributed by atoms with Crippen molar-refractivity contribution < 1.29 is 33.1 Å². The molecule has 4 N–H and O–H groups in total. The van der Waals surface area contributed by atoms with Gasteiger partial charge in [-0.15, -0.1) is 4.72 Å². The summed E-state index contributed by atoms with van der Waals surface area (Å²) in [5.74, 6) is -3.73. The topological polar surface area (TPSA) is 153 Å². The summed E-state index contributed by atoms with van der Waals surface area (Å²) in [4.78, 5) is 15.0. The van der Waals surface area contributed by atoms with Gasteiger partial charge in [-0.1, -0.05) is 54.1 Å². The van der Waals surface area contributed by atoms with Gasteiger partial charge in [-0.25, -0.2) is 8.42 Å². The molecule has 0 saturated heterocycles. The number of benzene rings is 4. The zero-order chi connectivity index (χ0) is 32.6. The van der Waals surface area contributed by atoms with Gasteiger partial charge in [-0.2, -0.15) is 4.31 Å². The van der Waals surface area contributed by atoms with Crippen LogP contribution in [0.1, 0.15) is 38.2 Å². The molecule has 46 heavy (non-hydrogen) atoms. The van der Waals surface area contributed by atoms with Crippen molar-refractivity contribution in [1.82, 2.24) is 13.9 Å². The van der Waals surface area contributed by atoms with E-state index in [9.17, 15) is 33.1 Å². The largest absolute Gasteiger partial charge is 0.593 e. The Morgan fingerprint density at radius 1 is 0.848 bits per heavy atom. The Balaban J connectivity index is 1.19. The van der Waals surface area contributed by atoms with E-state index in [1.54, 1.807) is 18.2 Å². The molecule has 4 aromatic rings. The Kier molecular flexibility index (Phi) is 9.19. The van der Waals surface area contributed by atoms with Crippen molar-refractivity contribution >= 4 is 38.9 Å². The molecule has 1 unspecified atom stereocenters. The zero-order valence-electron chi connectivity index (χ0n) is 24.6. The number of nitrogens with one attached hydrogen (secondary N) is 1. The normalized spacial score (nSPS) is 15.7. The summed E-state index contributed by atoms with van der Waals surface area (Å²) >= 11 is 4.53. The summed E-state index contributed by atoms with van der Waals surface area (Å²) in [6, 6.07) is 21.2. The van der Waals surface area contributed by atoms with E-state index in [0.717, 1.165) is 33.9 Å². The van der Waals surface area contributed by atoms with E-state index < -0.39 is 55.0 Å². The predicted molar refractivity (Wildman–Crippen MR) is 174 cm³/mol. The third kappa shape index (κ3) is 6.41. The molecule has 1 amide bonds. The number of carbonyl (C=O) groups excluding carboxylic acids is 1. The van der Waals surface area contributed by atoms with Crippen LogP contribution in [-0.2, 0) is 53.7 Å². The van der Waals surface area contributed by atoms with Gasteiger partial charge >= 0.3 is 0 Å². The number of aromatic hydroxyl groups is 3. The molecule has 13 heteroatoms. The number of phenolic OH excluding ortho intramolecular Hbond substituents is 3. The first kappa shape index (κ1) is 32.2. The fourth-order valence-electron chi connectivity index (χ4n) is 5.85. The third-order valence-corrected chi connectivity index (χ3v) is 11.6. The van der Waals surface area contributed by atoms with Crippen LogP contribution in [0.5, 0.6) is 17.2 Å². The van der Waals surface area contributed by atoms with Crippen LogP contribution in [0, 0.1) is 0 Å². The van der Waals surface area contributed by atoms with Crippen molar-refractivity contribution in [2.24, 2.45) is 0 Å². The standard InChI is InChI=1S/C33H32ClN3O7S2/c34-26-7-3-4-21(16-26)10-13-35-45(42)27-9-8-23-11-14-36(19-25(23)17-27)33(41)28-18-29(31(39)32(40)30(28)38)46(43,44)37-15-12-22-5-1-2-6-24(22)20-37/h1-9,16-18,35,38-40H,10-15,19-20H2. The first-order chi connectivity index (χ1) is 22.0. The SMILES string of the molecule is O=C(c1cc(S(=O)(=O)N2CCc3ccccc3C2)c(O)c(O)c1O)N1CCc2ccc([S+]([O-])NCCc3cccc(Cl)c3)cc2C1. The van der Waals surface area contributed by atoms with Crippen LogP contribution < -0.4 is 4.72 Å². The number of amides is 1. The van der Waals surface area contributed by atoms with Gasteiger partial charge in [0.2, 0.25) is 15.8 Å². The van der Waals surface area contributed by atoms with Gasteiger partial charge in [0.25, 0.3) is 5.91 Å². The molecule has 0 spiro atoms. The average Bonchev–Trinajstić information content (AvgIpc) is 3.06. The summed E-state index contributed by atoms with van der Waals surface area (Å²) in [7, 11) is -4.36. The van der Waals surface area contributed by atoms with Gasteiger partial charge in [-0.3, -0.25) is 4.79 Å². The van der Waals surface area contributed by atoms with Crippen LogP contribution in [0.3, 0.4) is 0 Å². The van der Waals surface area contributed by atoms with Gasteiger partial charge < -0.3 is 24.8 Å². The predicted octanol–water partition coefficient (Wildman–Crippen LogP) is 4.26. The number of fused-ring (bicyclic) bond motifs is 2. The first-order valence-corrected chi connectivity index (χ1v) is 17.7. The van der Waals surface area contributed by atoms with E-state index in [0.29, 0.717) is 35.7 Å². The maximum absolute atomic E-state index is 13.7. The molecule has 4 aromatic carbocycles. The molecule has 0 fully saturated rings. The van der Waals surface area contributed by atoms with Crippen molar-refractivity contribution in [3.05, 3.63) is 111 Å². The number of rotatable bonds is 8. The van der Waals surface area contributed by atoms with Gasteiger partial charge in [0.05, 0.1) is 16.9 Å². The number of carbonyl (C=O) groups is 1. The minimum atomic E-state index is -4.36. The second-order valence-corrected chi connectivity index (χ2v) is 14.9. The molecule has 6 rings (SSSR count). The van der Waals surface area contributed by atoms with Crippen LogP contribution in [0.2, 0.25) is 5.02 Å². The molecule has 0 radical (unpaired) electrons. The molecule has 0 aliphatic carbocycles. The average molecular weight is 682 g/mol. The van der Waals surface area contributed by atoms with Crippen LogP contribution in [-0.4, -0.2) is 63.0 Å². The third-order valence-electron chi connectivity index (χ3n) is 8.38. The molecular formula is C33H32ClN3O7S2. The van der Waals surface area contributed by atoms with E-state index >= 15 is 0 Å². The van der Waals surface area contributed by atoms with Crippen molar-refractivity contribution in [2.75, 3.05) is 19.6 Å². The lowest BCUT2D eigenvalue weighted by Crippen LogP contribution is -2.37. The molecule has 0 saturated carbocycles. The first-order valence-electron chi connectivity index (χ1n) is 14.7. The maximum atomic E-state index is 13.7. The highest BCUT2D eigenvalue weighted by Gasteiger charge is 2.35. The Hall–Kier alpha value is -3.78. The Labute approximate surface area is 275 Å². The van der Waals surface area contributed by atoms with Crippen LogP contribution in [0.15, 0.2) is 82.6 Å². The summed E-state index contributed by atoms with van der Waals surface area (Å²) < 4.78 is 44.6. The highest BCUT2D eigenvalue weighted by atomic mass is 35.5. The second-order valence-electron chi connectivity index (χ2n) is 11.3. The number of phenols is 3. The lowest BCUT2D eigenvalue weighted by molar-refractivity contribution is 0.0730. The van der Waals surface area contributed by atoms with E-state index in [1.807, 2.05) is 48.5 Å². The van der Waals surface area contributed by atoms with E-state index in [-0.39, 0.29) is 26.2 Å². The summed E-state index contributed by atoms with van der Waals surface area (Å²) in [6.07, 6.45) is 1.56. The van der Waals surface area contributed by atoms with Crippen molar-refractivity contribution in [3.8, 4) is 17.2 Å². The van der Waals surface area contributed by atoms with Crippen LogP contribution in [0.4, 0.5) is 0 Å². The van der Waals surface area contributed by atoms with Gasteiger partial charge in [-0.05, 0) is 71.3 Å². The van der Waals surface area contributed by atoms with Gasteiger partial charge in [0.1, 0.15) is 4.90 Å². The lowest BCUT2D eigenvalue weighted by atomic mass is 9.99. The second kappa shape index (κ2) is 13.1. The number of sulfonamides is 1. The lowest BCUT2D eigenvalue weighted by Gasteiger charge is -2.30. The molecule has 10 nitrogen and oxygen atoms in total. The molecule has 1 atom stereocenters. The van der Waals surface area contributed by atoms with Crippen molar-refractivity contribution in [1.29, 1.82) is 0 Å². The molecule has 0 bridgehead atoms. The van der Waals surface area contributed by atoms with E-state index in [1.165, 1.54) is 9.21 Å². The van der Waals surface area contributed by atoms with Gasteiger partial charge in [0.15, 0.2) is 16.4 Å². The molecule has 240 valence electrons. The highest BCUT2D eigenvalue weighted by Crippen LogP contribution is 2.44. The van der Waals surface area contributed by atoms with E-state index in [2.05, 4.69) is 4.72 Å². The fraction of sp³-hybridized carbons (Fsp3) is 0.242. The number of nitrogens with zero attached hydrogens (tertiary/aromatic N) is 2. The monoisotopic (exact) mass is 681 g/mol. The quantitative estimate of drug-likeness (QED) is 0.159. The number of hydrogen-bond acceptors (Lipinski definition) is 8. The minimum absolute atomic E-state index is 0.0605. The molecule has 2 aliphatic heterocycles. The Bertz CT molecular complexity index is 1920. The fourth-order valence-corrected chi connectivity index (χ4v) is 8.49. The zero-order valence-corrected chi connectivity index (χ0v) is 27.0. The number of halogens is 1. The Morgan fingerprint density at radius 2 is 1.59 bits per heavy atom. The molecule has 2 heterocycles. The Morgan fingerprint density at radius 3 is 2.37 bits per heavy atom.